The zero-order valence-electron chi connectivity index (χ0n) is 16.9. The van der Waals surface area contributed by atoms with Crippen molar-refractivity contribution in [1.82, 2.24) is 14.8 Å². The predicted octanol–water partition coefficient (Wildman–Crippen LogP) is 3.85. The Morgan fingerprint density at radius 1 is 1.17 bits per heavy atom. The Morgan fingerprint density at radius 3 is 2.62 bits per heavy atom. The first-order valence-electron chi connectivity index (χ1n) is 10.9. The number of anilines is 1. The van der Waals surface area contributed by atoms with Crippen LogP contribution in [-0.2, 0) is 24.1 Å². The van der Waals surface area contributed by atoms with Crippen LogP contribution in [0.2, 0.25) is 0 Å². The van der Waals surface area contributed by atoms with E-state index in [4.69, 9.17) is 5.73 Å². The van der Waals surface area contributed by atoms with Gasteiger partial charge in [0.15, 0.2) is 5.78 Å². The second kappa shape index (κ2) is 7.35. The molecule has 29 heavy (non-hydrogen) atoms. The number of carbonyl (C=O) groups excluding carboxylic acids is 2. The molecule has 2 N–H and O–H groups in total. The van der Waals surface area contributed by atoms with Gasteiger partial charge in [-0.1, -0.05) is 12.8 Å². The minimum absolute atomic E-state index is 0.175. The molecule has 0 spiro atoms. The summed E-state index contributed by atoms with van der Waals surface area (Å²) in [7, 11) is 0. The second-order valence-electron chi connectivity index (χ2n) is 9.00. The van der Waals surface area contributed by atoms with Gasteiger partial charge < -0.3 is 5.73 Å². The molecule has 2 fully saturated rings. The van der Waals surface area contributed by atoms with E-state index in [0.717, 1.165) is 66.3 Å². The van der Waals surface area contributed by atoms with Crippen LogP contribution in [0.5, 0.6) is 0 Å². The summed E-state index contributed by atoms with van der Waals surface area (Å²) < 4.78 is 2.01. The van der Waals surface area contributed by atoms with Crippen LogP contribution >= 0.6 is 11.3 Å². The van der Waals surface area contributed by atoms with Gasteiger partial charge >= 0.3 is 0 Å². The molecule has 0 bridgehead atoms. The number of carbonyl (C=O) groups is 2. The molecule has 0 aromatic carbocycles. The van der Waals surface area contributed by atoms with Crippen LogP contribution in [0.1, 0.15) is 82.5 Å². The van der Waals surface area contributed by atoms with Crippen molar-refractivity contribution >= 4 is 28.9 Å². The van der Waals surface area contributed by atoms with E-state index in [-0.39, 0.29) is 17.7 Å². The van der Waals surface area contributed by atoms with Crippen molar-refractivity contribution in [1.29, 1.82) is 0 Å². The van der Waals surface area contributed by atoms with Gasteiger partial charge in [0.1, 0.15) is 11.6 Å². The highest BCUT2D eigenvalue weighted by molar-refractivity contribution is 7.12. The quantitative estimate of drug-likeness (QED) is 0.665. The zero-order valence-corrected chi connectivity index (χ0v) is 17.8. The van der Waals surface area contributed by atoms with Crippen LogP contribution in [0.3, 0.4) is 0 Å². The number of Topliss-reactive ketones (excluding diaryl/α,β-unsaturated/α-hetero) is 2. The summed E-state index contributed by atoms with van der Waals surface area (Å²) in [6, 6.07) is 0.175. The van der Waals surface area contributed by atoms with E-state index in [0.29, 0.717) is 24.6 Å². The van der Waals surface area contributed by atoms with E-state index >= 15 is 0 Å². The molecule has 0 aliphatic heterocycles. The van der Waals surface area contributed by atoms with E-state index in [1.807, 2.05) is 11.5 Å². The van der Waals surface area contributed by atoms with Gasteiger partial charge in [-0.3, -0.25) is 14.2 Å². The lowest BCUT2D eigenvalue weighted by Crippen LogP contribution is -2.21. The van der Waals surface area contributed by atoms with Crippen molar-refractivity contribution in [3.05, 3.63) is 26.7 Å². The molecule has 154 valence electrons. The molecular weight excluding hydrogens is 384 g/mol. The fourth-order valence-electron chi connectivity index (χ4n) is 4.70. The van der Waals surface area contributed by atoms with E-state index in [9.17, 15) is 9.59 Å². The second-order valence-corrected chi connectivity index (χ2v) is 10.2. The van der Waals surface area contributed by atoms with Crippen molar-refractivity contribution in [2.24, 2.45) is 11.8 Å². The van der Waals surface area contributed by atoms with Crippen molar-refractivity contribution in [3.8, 4) is 0 Å². The van der Waals surface area contributed by atoms with E-state index in [2.05, 4.69) is 10.2 Å². The summed E-state index contributed by atoms with van der Waals surface area (Å²) in [5.74, 6) is 2.78. The molecule has 2 saturated carbocycles. The van der Waals surface area contributed by atoms with Crippen LogP contribution in [-0.4, -0.2) is 26.3 Å². The number of nitrogens with zero attached hydrogens (tertiary/aromatic N) is 3. The van der Waals surface area contributed by atoms with Crippen molar-refractivity contribution in [2.45, 2.75) is 77.2 Å². The molecule has 3 aliphatic rings. The highest BCUT2D eigenvalue weighted by Gasteiger charge is 2.35. The largest absolute Gasteiger partial charge is 0.368 e. The Kier molecular flexibility index (Phi) is 4.81. The highest BCUT2D eigenvalue weighted by atomic mass is 32.1. The van der Waals surface area contributed by atoms with Crippen LogP contribution < -0.4 is 5.73 Å². The lowest BCUT2D eigenvalue weighted by Gasteiger charge is -2.25. The number of fused-ring (bicyclic) bond motifs is 1. The zero-order chi connectivity index (χ0) is 20.1. The number of nitrogen functional groups attached to an aromatic ring is 1. The number of aryl methyl sites for hydroxylation is 2. The standard InChI is InChI=1S/C22H28N4O2S/c1-12-24-25-22(23)26(12)15-7-9-19-16(10-15)21(17(27)8-4-13-2-3-13)20(29-19)11-18(28)14-5-6-14/h13-15H,2-11H2,1H3,(H2,23,25). The predicted molar refractivity (Wildman–Crippen MR) is 112 cm³/mol. The summed E-state index contributed by atoms with van der Waals surface area (Å²) in [5.41, 5.74) is 8.10. The topological polar surface area (TPSA) is 90.9 Å². The summed E-state index contributed by atoms with van der Waals surface area (Å²) >= 11 is 1.71. The summed E-state index contributed by atoms with van der Waals surface area (Å²) in [6.07, 6.45) is 9.24. The SMILES string of the molecule is Cc1nnc(N)n1C1CCc2sc(CC(=O)C3CC3)c(C(=O)CCC3CC3)c2C1. The molecule has 0 saturated heterocycles. The maximum atomic E-state index is 13.3. The Morgan fingerprint density at radius 2 is 1.97 bits per heavy atom. The average Bonchev–Trinajstić information content (AvgIpc) is 3.61. The Hall–Kier alpha value is -2.02. The lowest BCUT2D eigenvalue weighted by molar-refractivity contribution is -0.119. The number of rotatable bonds is 8. The molecule has 5 rings (SSSR count). The summed E-state index contributed by atoms with van der Waals surface area (Å²) in [5, 5.41) is 8.12. The van der Waals surface area contributed by atoms with Crippen LogP contribution in [0.15, 0.2) is 0 Å². The number of thiophene rings is 1. The third-order valence-electron chi connectivity index (χ3n) is 6.69. The number of nitrogens with two attached hydrogens (primary N) is 1. The average molecular weight is 413 g/mol. The smallest absolute Gasteiger partial charge is 0.222 e. The van der Waals surface area contributed by atoms with Gasteiger partial charge in [0.05, 0.1) is 0 Å². The third-order valence-corrected chi connectivity index (χ3v) is 7.98. The molecule has 2 heterocycles. The van der Waals surface area contributed by atoms with Crippen LogP contribution in [0, 0.1) is 18.8 Å². The summed E-state index contributed by atoms with van der Waals surface area (Å²) in [6.45, 7) is 1.92. The minimum Gasteiger partial charge on any atom is -0.368 e. The fourth-order valence-corrected chi connectivity index (χ4v) is 6.08. The van der Waals surface area contributed by atoms with E-state index < -0.39 is 0 Å². The van der Waals surface area contributed by atoms with Gasteiger partial charge in [-0.25, -0.2) is 0 Å². The molecule has 3 aliphatic carbocycles. The normalized spacial score (nSPS) is 21.2. The maximum absolute atomic E-state index is 13.3. The van der Waals surface area contributed by atoms with Crippen molar-refractivity contribution in [3.63, 3.8) is 0 Å². The Labute approximate surface area is 174 Å². The first-order chi connectivity index (χ1) is 14.0. The minimum atomic E-state index is 0.175. The molecule has 6 nitrogen and oxygen atoms in total. The number of ketones is 2. The first-order valence-corrected chi connectivity index (χ1v) is 11.7. The van der Waals surface area contributed by atoms with Gasteiger partial charge in [0.25, 0.3) is 0 Å². The monoisotopic (exact) mass is 412 g/mol. The molecule has 2 aromatic heterocycles. The third kappa shape index (κ3) is 3.77. The molecule has 1 unspecified atom stereocenters. The number of hydrogen-bond donors (Lipinski definition) is 1. The molecule has 1 atom stereocenters. The molecule has 0 radical (unpaired) electrons. The van der Waals surface area contributed by atoms with Crippen LogP contribution in [0.4, 0.5) is 5.95 Å². The summed E-state index contributed by atoms with van der Waals surface area (Å²) in [4.78, 5) is 28.1. The molecule has 0 amide bonds. The van der Waals surface area contributed by atoms with Gasteiger partial charge in [-0.15, -0.1) is 21.5 Å². The highest BCUT2D eigenvalue weighted by Crippen LogP contribution is 2.42. The Bertz CT molecular complexity index is 948. The number of hydrogen-bond acceptors (Lipinski definition) is 6. The van der Waals surface area contributed by atoms with Gasteiger partial charge in [-0.05, 0) is 56.9 Å². The Balaban J connectivity index is 1.46. The van der Waals surface area contributed by atoms with E-state index in [1.165, 1.54) is 17.7 Å². The number of aromatic nitrogens is 3. The van der Waals surface area contributed by atoms with Crippen molar-refractivity contribution < 1.29 is 9.59 Å². The van der Waals surface area contributed by atoms with E-state index in [1.54, 1.807) is 11.3 Å². The molecule has 7 heteroatoms. The molecule has 2 aromatic rings. The first kappa shape index (κ1) is 19.0. The maximum Gasteiger partial charge on any atom is 0.222 e. The fraction of sp³-hybridized carbons (Fsp3) is 0.636. The van der Waals surface area contributed by atoms with Gasteiger partial charge in [0, 0.05) is 40.1 Å². The van der Waals surface area contributed by atoms with Gasteiger partial charge in [-0.2, -0.15) is 0 Å². The van der Waals surface area contributed by atoms with Crippen molar-refractivity contribution in [2.75, 3.05) is 5.73 Å². The van der Waals surface area contributed by atoms with Crippen LogP contribution in [0.25, 0.3) is 0 Å². The molecular formula is C22H28N4O2S. The lowest BCUT2D eigenvalue weighted by atomic mass is 9.87. The van der Waals surface area contributed by atoms with Gasteiger partial charge in [0.2, 0.25) is 5.95 Å².